The maximum atomic E-state index is 13.2. The number of hydrogen-bond donors (Lipinski definition) is 1. The Morgan fingerprint density at radius 2 is 1.56 bits per heavy atom. The van der Waals surface area contributed by atoms with E-state index in [0.717, 1.165) is 15.9 Å². The number of thiazole rings is 1. The summed E-state index contributed by atoms with van der Waals surface area (Å²) >= 11 is 0.858. The van der Waals surface area contributed by atoms with Crippen LogP contribution < -0.4 is 20.5 Å². The van der Waals surface area contributed by atoms with E-state index in [4.69, 9.17) is 5.73 Å². The van der Waals surface area contributed by atoms with Crippen molar-refractivity contribution >= 4 is 40.2 Å². The molecule has 0 radical (unpaired) electrons. The van der Waals surface area contributed by atoms with Crippen LogP contribution in [0.15, 0.2) is 58.9 Å². The number of aromatic nitrogens is 1. The highest BCUT2D eigenvalue weighted by Crippen LogP contribution is 2.39. The summed E-state index contributed by atoms with van der Waals surface area (Å²) in [5, 5.41) is 42.7. The van der Waals surface area contributed by atoms with Crippen LogP contribution in [0.4, 0.5) is 11.4 Å². The van der Waals surface area contributed by atoms with Gasteiger partial charge < -0.3 is 5.73 Å². The number of rotatable bonds is 4. The Bertz CT molecular complexity index is 1690. The van der Waals surface area contributed by atoms with E-state index in [0.29, 0.717) is 0 Å². The van der Waals surface area contributed by atoms with Gasteiger partial charge in [0.15, 0.2) is 0 Å². The van der Waals surface area contributed by atoms with Crippen molar-refractivity contribution in [2.75, 3.05) is 0 Å². The number of fused-ring (bicyclic) bond motifs is 1. The molecule has 0 spiro atoms. The summed E-state index contributed by atoms with van der Waals surface area (Å²) < 4.78 is 1.13. The van der Waals surface area contributed by atoms with Crippen molar-refractivity contribution in [3.8, 4) is 12.1 Å². The van der Waals surface area contributed by atoms with Crippen molar-refractivity contribution < 1.29 is 9.85 Å². The molecule has 12 heteroatoms. The lowest BCUT2D eigenvalue weighted by Crippen LogP contribution is -2.38. The Morgan fingerprint density at radius 1 is 0.971 bits per heavy atom. The lowest BCUT2D eigenvalue weighted by atomic mass is 9.83. The van der Waals surface area contributed by atoms with Crippen molar-refractivity contribution in [2.24, 2.45) is 5.73 Å². The second kappa shape index (κ2) is 8.46. The average molecular weight is 472 g/mol. The number of nitro groups is 2. The molecule has 0 saturated carbocycles. The van der Waals surface area contributed by atoms with Crippen molar-refractivity contribution in [3.05, 3.63) is 105 Å². The third kappa shape index (κ3) is 3.40. The first-order valence-corrected chi connectivity index (χ1v) is 10.4. The number of para-hydroxylation sites is 2. The minimum atomic E-state index is -1.16. The Kier molecular flexibility index (Phi) is 5.51. The first-order valence-electron chi connectivity index (χ1n) is 9.54. The molecule has 3 aromatic rings. The monoisotopic (exact) mass is 472 g/mol. The summed E-state index contributed by atoms with van der Waals surface area (Å²) in [4.78, 5) is 34.9. The fraction of sp³-hybridized carbons (Fsp3) is 0.0455. The van der Waals surface area contributed by atoms with Gasteiger partial charge >= 0.3 is 0 Å². The Morgan fingerprint density at radius 3 is 2.18 bits per heavy atom. The van der Waals surface area contributed by atoms with E-state index in [9.17, 15) is 35.5 Å². The molecule has 34 heavy (non-hydrogen) atoms. The molecule has 0 unspecified atom stereocenters. The number of nitro benzene ring substituents is 2. The number of nitriles is 2. The van der Waals surface area contributed by atoms with Crippen LogP contribution in [0.1, 0.15) is 17.0 Å². The minimum absolute atomic E-state index is 0.0421. The number of nitrogens with two attached hydrogens (primary N) is 1. The highest BCUT2D eigenvalue weighted by atomic mass is 32.1. The van der Waals surface area contributed by atoms with Gasteiger partial charge in [-0.05, 0) is 12.1 Å². The largest absolute Gasteiger partial charge is 0.384 e. The molecule has 11 nitrogen and oxygen atoms in total. The zero-order chi connectivity index (χ0) is 24.6. The Labute approximate surface area is 194 Å². The van der Waals surface area contributed by atoms with E-state index in [-0.39, 0.29) is 48.7 Å². The molecule has 0 saturated heterocycles. The molecule has 0 aliphatic carbocycles. The summed E-state index contributed by atoms with van der Waals surface area (Å²) in [5.74, 6) is -1.42. The van der Waals surface area contributed by atoms with E-state index in [2.05, 4.69) is 0 Å². The van der Waals surface area contributed by atoms with E-state index < -0.39 is 21.3 Å². The first kappa shape index (κ1) is 22.1. The smallest absolute Gasteiger partial charge is 0.276 e. The SMILES string of the molecule is N#CC1=C(N)n2c(s/c(=C/c3ccccc3[N+](=O)[O-])c2=O)=C(C#N)[C@H]1c1ccccc1[N+](=O)[O-]. The average Bonchev–Trinajstić information content (AvgIpc) is 3.15. The van der Waals surface area contributed by atoms with Crippen LogP contribution >= 0.6 is 11.3 Å². The van der Waals surface area contributed by atoms with Gasteiger partial charge in [0.05, 0.1) is 49.1 Å². The molecular formula is C22H12N6O5S. The number of allylic oxidation sites excluding steroid dienone is 1. The summed E-state index contributed by atoms with van der Waals surface area (Å²) in [6.07, 6.45) is 1.31. The number of hydrogen-bond acceptors (Lipinski definition) is 9. The second-order valence-electron chi connectivity index (χ2n) is 7.06. The van der Waals surface area contributed by atoms with Gasteiger partial charge in [-0.1, -0.05) is 30.3 Å². The van der Waals surface area contributed by atoms with Gasteiger partial charge in [-0.3, -0.25) is 29.6 Å². The van der Waals surface area contributed by atoms with Gasteiger partial charge in [0.1, 0.15) is 10.5 Å². The van der Waals surface area contributed by atoms with Gasteiger partial charge in [-0.25, -0.2) is 0 Å². The fourth-order valence-corrected chi connectivity index (χ4v) is 4.90. The van der Waals surface area contributed by atoms with Crippen LogP contribution in [0.2, 0.25) is 0 Å². The molecule has 1 atom stereocenters. The van der Waals surface area contributed by atoms with E-state index >= 15 is 0 Å². The van der Waals surface area contributed by atoms with Crippen LogP contribution in [0.25, 0.3) is 17.5 Å². The number of nitrogens with zero attached hydrogens (tertiary/aromatic N) is 5. The highest BCUT2D eigenvalue weighted by Gasteiger charge is 2.35. The summed E-state index contributed by atoms with van der Waals surface area (Å²) in [6.45, 7) is 0. The van der Waals surface area contributed by atoms with Crippen LogP contribution in [0.3, 0.4) is 0 Å². The second-order valence-corrected chi connectivity index (χ2v) is 8.09. The molecule has 0 amide bonds. The van der Waals surface area contributed by atoms with Gasteiger partial charge in [-0.15, -0.1) is 11.3 Å². The van der Waals surface area contributed by atoms with E-state index in [1.165, 1.54) is 48.5 Å². The minimum Gasteiger partial charge on any atom is -0.384 e. The van der Waals surface area contributed by atoms with Crippen LogP contribution in [-0.4, -0.2) is 14.4 Å². The normalized spacial score (nSPS) is 15.4. The maximum Gasteiger partial charge on any atom is 0.276 e. The van der Waals surface area contributed by atoms with Crippen molar-refractivity contribution in [2.45, 2.75) is 5.92 Å². The topological polar surface area (TPSA) is 182 Å². The zero-order valence-corrected chi connectivity index (χ0v) is 17.9. The first-order chi connectivity index (χ1) is 16.3. The lowest BCUT2D eigenvalue weighted by Gasteiger charge is -2.22. The molecule has 1 aliphatic rings. The maximum absolute atomic E-state index is 13.2. The lowest BCUT2D eigenvalue weighted by molar-refractivity contribution is -0.385. The molecule has 0 bridgehead atoms. The van der Waals surface area contributed by atoms with Crippen molar-refractivity contribution in [1.29, 1.82) is 10.5 Å². The van der Waals surface area contributed by atoms with Crippen LogP contribution in [0.5, 0.6) is 0 Å². The van der Waals surface area contributed by atoms with Gasteiger partial charge in [0.2, 0.25) is 0 Å². The molecule has 2 heterocycles. The fourth-order valence-electron chi connectivity index (χ4n) is 3.78. The number of benzene rings is 2. The standard InChI is InChI=1S/C22H12N6O5S/c23-10-14-19(13-6-2-4-8-17(13)28(32)33)15(11-24)22-26(20(14)25)21(29)18(34-22)9-12-5-1-3-7-16(12)27(30)31/h1-9,19H,25H2/b18-9+/t19-/m0/s1. The molecule has 1 aliphatic heterocycles. The van der Waals surface area contributed by atoms with Crippen LogP contribution in [-0.2, 0) is 0 Å². The van der Waals surface area contributed by atoms with E-state index in [1.807, 2.05) is 12.1 Å². The van der Waals surface area contributed by atoms with Crippen molar-refractivity contribution in [1.82, 2.24) is 4.57 Å². The molecular weight excluding hydrogens is 460 g/mol. The molecule has 4 rings (SSSR count). The predicted molar refractivity (Wildman–Crippen MR) is 122 cm³/mol. The van der Waals surface area contributed by atoms with Gasteiger partial charge in [0.25, 0.3) is 16.9 Å². The third-order valence-corrected chi connectivity index (χ3v) is 6.36. The third-order valence-electron chi connectivity index (χ3n) is 5.25. The summed E-state index contributed by atoms with van der Waals surface area (Å²) in [7, 11) is 0. The highest BCUT2D eigenvalue weighted by molar-refractivity contribution is 7.07. The zero-order valence-electron chi connectivity index (χ0n) is 17.0. The molecule has 0 fully saturated rings. The van der Waals surface area contributed by atoms with E-state index in [1.54, 1.807) is 6.07 Å². The Hall–Kier alpha value is -5.07. The Balaban J connectivity index is 2.10. The summed E-state index contributed by atoms with van der Waals surface area (Å²) in [5.41, 5.74) is 4.97. The summed E-state index contributed by atoms with van der Waals surface area (Å²) in [6, 6.07) is 15.3. The quantitative estimate of drug-likeness (QED) is 0.439. The molecule has 166 valence electrons. The van der Waals surface area contributed by atoms with Gasteiger partial charge in [-0.2, -0.15) is 10.5 Å². The van der Waals surface area contributed by atoms with Crippen molar-refractivity contribution in [3.63, 3.8) is 0 Å². The predicted octanol–water partition coefficient (Wildman–Crippen LogP) is 1.68. The van der Waals surface area contributed by atoms with Gasteiger partial charge in [0, 0.05) is 17.7 Å². The van der Waals surface area contributed by atoms with Crippen LogP contribution in [0, 0.1) is 42.9 Å². The molecule has 2 N–H and O–H groups in total. The molecule has 2 aromatic carbocycles. The molecule has 1 aromatic heterocycles.